The highest BCUT2D eigenvalue weighted by molar-refractivity contribution is 7.80. The molecule has 1 amide bonds. The Morgan fingerprint density at radius 3 is 2.37 bits per heavy atom. The van der Waals surface area contributed by atoms with Crippen LogP contribution < -0.4 is 20.1 Å². The number of anilines is 1. The molecule has 5 nitrogen and oxygen atoms in total. The monoisotopic (exact) mass is 386 g/mol. The first-order chi connectivity index (χ1) is 12.9. The lowest BCUT2D eigenvalue weighted by Crippen LogP contribution is -2.34. The molecule has 0 radical (unpaired) electrons. The maximum atomic E-state index is 12.4. The number of thiocarbonyl (C=S) groups is 1. The van der Waals surface area contributed by atoms with Gasteiger partial charge in [0.2, 0.25) is 0 Å². The van der Waals surface area contributed by atoms with E-state index in [9.17, 15) is 4.79 Å². The molecule has 0 fully saturated rings. The van der Waals surface area contributed by atoms with Crippen molar-refractivity contribution in [2.75, 3.05) is 5.32 Å². The molecule has 1 unspecified atom stereocenters. The molecule has 2 aromatic rings. The Labute approximate surface area is 166 Å². The lowest BCUT2D eigenvalue weighted by atomic mass is 10.2. The third-order valence-electron chi connectivity index (χ3n) is 3.72. The number of carbonyl (C=O) groups is 1. The van der Waals surface area contributed by atoms with Crippen molar-refractivity contribution in [1.29, 1.82) is 0 Å². The largest absolute Gasteiger partial charge is 0.491 e. The summed E-state index contributed by atoms with van der Waals surface area (Å²) in [5.74, 6) is 1.15. The van der Waals surface area contributed by atoms with E-state index >= 15 is 0 Å². The number of hydrogen-bond acceptors (Lipinski definition) is 4. The summed E-state index contributed by atoms with van der Waals surface area (Å²) in [6.45, 7) is 7.98. The molecule has 2 N–H and O–H groups in total. The van der Waals surface area contributed by atoms with Crippen LogP contribution in [0.25, 0.3) is 0 Å². The van der Waals surface area contributed by atoms with Crippen LogP contribution in [0.1, 0.15) is 44.5 Å². The summed E-state index contributed by atoms with van der Waals surface area (Å²) in [7, 11) is 0. The van der Waals surface area contributed by atoms with E-state index in [4.69, 9.17) is 21.7 Å². The van der Waals surface area contributed by atoms with Crippen LogP contribution in [0, 0.1) is 0 Å². The first kappa shape index (κ1) is 20.7. The molecule has 0 aliphatic rings. The number of amides is 1. The SMILES string of the molecule is CCC(C)Oc1cccc(C(=O)NC(=S)Nc2ccc(OC(C)C)cc2)c1. The second-order valence-electron chi connectivity index (χ2n) is 6.46. The molecule has 144 valence electrons. The molecule has 0 saturated carbocycles. The topological polar surface area (TPSA) is 59.6 Å². The molecule has 0 spiro atoms. The van der Waals surface area contributed by atoms with Crippen LogP contribution >= 0.6 is 12.2 Å². The quantitative estimate of drug-likeness (QED) is 0.671. The molecule has 0 aliphatic carbocycles. The van der Waals surface area contributed by atoms with E-state index in [1.54, 1.807) is 18.2 Å². The zero-order chi connectivity index (χ0) is 19.8. The van der Waals surface area contributed by atoms with Gasteiger partial charge >= 0.3 is 0 Å². The first-order valence-electron chi connectivity index (χ1n) is 9.03. The molecule has 1 atom stereocenters. The Kier molecular flexibility index (Phi) is 7.61. The van der Waals surface area contributed by atoms with Gasteiger partial charge in [-0.1, -0.05) is 13.0 Å². The Morgan fingerprint density at radius 2 is 1.74 bits per heavy atom. The first-order valence-corrected chi connectivity index (χ1v) is 9.44. The summed E-state index contributed by atoms with van der Waals surface area (Å²) < 4.78 is 11.4. The van der Waals surface area contributed by atoms with E-state index in [0.29, 0.717) is 11.3 Å². The molecule has 27 heavy (non-hydrogen) atoms. The molecule has 0 aromatic heterocycles. The van der Waals surface area contributed by atoms with Gasteiger partial charge in [0.05, 0.1) is 12.2 Å². The smallest absolute Gasteiger partial charge is 0.257 e. The molecule has 2 rings (SSSR count). The highest BCUT2D eigenvalue weighted by Gasteiger charge is 2.10. The van der Waals surface area contributed by atoms with E-state index in [1.807, 2.05) is 58.0 Å². The van der Waals surface area contributed by atoms with E-state index in [-0.39, 0.29) is 23.2 Å². The summed E-state index contributed by atoms with van der Waals surface area (Å²) in [4.78, 5) is 12.4. The molecule has 2 aromatic carbocycles. The fourth-order valence-corrected chi connectivity index (χ4v) is 2.46. The molecule has 0 aliphatic heterocycles. The number of carbonyl (C=O) groups excluding carboxylic acids is 1. The van der Waals surface area contributed by atoms with Crippen LogP contribution in [-0.4, -0.2) is 23.2 Å². The normalized spacial score (nSPS) is 11.6. The van der Waals surface area contributed by atoms with Crippen molar-refractivity contribution in [2.24, 2.45) is 0 Å². The van der Waals surface area contributed by atoms with Gasteiger partial charge < -0.3 is 14.8 Å². The second-order valence-corrected chi connectivity index (χ2v) is 6.87. The average Bonchev–Trinajstić information content (AvgIpc) is 2.63. The Hall–Kier alpha value is -2.60. The number of nitrogens with one attached hydrogen (secondary N) is 2. The van der Waals surface area contributed by atoms with Crippen LogP contribution in [0.2, 0.25) is 0 Å². The number of rotatable bonds is 7. The molecule has 6 heteroatoms. The van der Waals surface area contributed by atoms with Crippen molar-refractivity contribution < 1.29 is 14.3 Å². The van der Waals surface area contributed by atoms with Gasteiger partial charge in [-0.25, -0.2) is 0 Å². The van der Waals surface area contributed by atoms with Crippen LogP contribution in [0.3, 0.4) is 0 Å². The minimum Gasteiger partial charge on any atom is -0.491 e. The van der Waals surface area contributed by atoms with Crippen molar-refractivity contribution in [3.63, 3.8) is 0 Å². The Bertz CT molecular complexity index is 775. The Balaban J connectivity index is 1.93. The highest BCUT2D eigenvalue weighted by Crippen LogP contribution is 2.18. The van der Waals surface area contributed by atoms with E-state index < -0.39 is 0 Å². The van der Waals surface area contributed by atoms with Gasteiger partial charge in [-0.2, -0.15) is 0 Å². The maximum absolute atomic E-state index is 12.4. The van der Waals surface area contributed by atoms with Gasteiger partial charge in [-0.05, 0) is 81.9 Å². The van der Waals surface area contributed by atoms with E-state index in [1.165, 1.54) is 0 Å². The van der Waals surface area contributed by atoms with Crippen LogP contribution in [0.4, 0.5) is 5.69 Å². The van der Waals surface area contributed by atoms with Crippen molar-refractivity contribution in [3.05, 3.63) is 54.1 Å². The third kappa shape index (κ3) is 6.90. The second kappa shape index (κ2) is 9.92. The summed E-state index contributed by atoms with van der Waals surface area (Å²) >= 11 is 5.23. The summed E-state index contributed by atoms with van der Waals surface area (Å²) in [6.07, 6.45) is 1.10. The molecular formula is C21H26N2O3S. The van der Waals surface area contributed by atoms with Gasteiger partial charge in [0.1, 0.15) is 11.5 Å². The highest BCUT2D eigenvalue weighted by atomic mass is 32.1. The molecule has 0 heterocycles. The number of ether oxygens (including phenoxy) is 2. The fourth-order valence-electron chi connectivity index (χ4n) is 2.25. The lowest BCUT2D eigenvalue weighted by Gasteiger charge is -2.14. The average molecular weight is 387 g/mol. The van der Waals surface area contributed by atoms with Crippen molar-refractivity contribution in [3.8, 4) is 11.5 Å². The predicted octanol–water partition coefficient (Wildman–Crippen LogP) is 4.78. The van der Waals surface area contributed by atoms with Crippen LogP contribution in [-0.2, 0) is 0 Å². The third-order valence-corrected chi connectivity index (χ3v) is 3.92. The molecule has 0 bridgehead atoms. The van der Waals surface area contributed by atoms with Gasteiger partial charge in [-0.3, -0.25) is 10.1 Å². The van der Waals surface area contributed by atoms with E-state index in [2.05, 4.69) is 10.6 Å². The predicted molar refractivity (Wildman–Crippen MR) is 113 cm³/mol. The standard InChI is InChI=1S/C21H26N2O3S/c1-5-15(4)26-19-8-6-7-16(13-19)20(24)23-21(27)22-17-9-11-18(12-10-17)25-14(2)3/h6-15H,5H2,1-4H3,(H2,22,23,24,27). The number of benzene rings is 2. The van der Waals surface area contributed by atoms with Gasteiger partial charge in [-0.15, -0.1) is 0 Å². The minimum atomic E-state index is -0.290. The van der Waals surface area contributed by atoms with Crippen LogP contribution in [0.15, 0.2) is 48.5 Å². The van der Waals surface area contributed by atoms with Gasteiger partial charge in [0.15, 0.2) is 5.11 Å². The number of hydrogen-bond donors (Lipinski definition) is 2. The van der Waals surface area contributed by atoms with Crippen molar-refractivity contribution in [2.45, 2.75) is 46.3 Å². The van der Waals surface area contributed by atoms with Crippen molar-refractivity contribution in [1.82, 2.24) is 5.32 Å². The van der Waals surface area contributed by atoms with Crippen LogP contribution in [0.5, 0.6) is 11.5 Å². The fraction of sp³-hybridized carbons (Fsp3) is 0.333. The lowest BCUT2D eigenvalue weighted by molar-refractivity contribution is 0.0977. The zero-order valence-electron chi connectivity index (χ0n) is 16.1. The van der Waals surface area contributed by atoms with Gasteiger partial charge in [0.25, 0.3) is 5.91 Å². The van der Waals surface area contributed by atoms with Gasteiger partial charge in [0, 0.05) is 11.3 Å². The summed E-state index contributed by atoms with van der Waals surface area (Å²) in [6, 6.07) is 14.4. The molecular weight excluding hydrogens is 360 g/mol. The molecule has 0 saturated heterocycles. The van der Waals surface area contributed by atoms with Crippen molar-refractivity contribution >= 4 is 28.9 Å². The zero-order valence-corrected chi connectivity index (χ0v) is 16.9. The summed E-state index contributed by atoms with van der Waals surface area (Å²) in [5, 5.41) is 5.90. The minimum absolute atomic E-state index is 0.0914. The summed E-state index contributed by atoms with van der Waals surface area (Å²) in [5.41, 5.74) is 1.26. The Morgan fingerprint density at radius 1 is 1.04 bits per heavy atom. The maximum Gasteiger partial charge on any atom is 0.257 e. The van der Waals surface area contributed by atoms with E-state index in [0.717, 1.165) is 17.9 Å².